The smallest absolute Gasteiger partial charge is 0.381 e. The monoisotopic (exact) mass is 424 g/mol. The summed E-state index contributed by atoms with van der Waals surface area (Å²) in [6, 6.07) is 0. The van der Waals surface area contributed by atoms with Crippen LogP contribution in [-0.4, -0.2) is 63.5 Å². The molecule has 0 bridgehead atoms. The summed E-state index contributed by atoms with van der Waals surface area (Å²) in [6.07, 6.45) is 14.2. The highest BCUT2D eigenvalue weighted by atomic mass is 31.2. The Bertz CT molecular complexity index is 387. The van der Waals surface area contributed by atoms with Crippen LogP contribution in [-0.2, 0) is 18.3 Å². The van der Waals surface area contributed by atoms with Gasteiger partial charge in [0, 0.05) is 13.2 Å². The van der Waals surface area contributed by atoms with Gasteiger partial charge in [0.1, 0.15) is 13.2 Å². The Labute approximate surface area is 174 Å². The zero-order valence-corrected chi connectivity index (χ0v) is 19.9. The molecule has 28 heavy (non-hydrogen) atoms. The summed E-state index contributed by atoms with van der Waals surface area (Å²) in [4.78, 5) is 9.62. The van der Waals surface area contributed by atoms with Crippen LogP contribution in [0.3, 0.4) is 0 Å². The molecule has 0 aromatic heterocycles. The summed E-state index contributed by atoms with van der Waals surface area (Å²) in [7, 11) is 2.14. The summed E-state index contributed by atoms with van der Waals surface area (Å²) < 4.78 is 28.1. The van der Waals surface area contributed by atoms with Gasteiger partial charge in [0.05, 0.1) is 27.7 Å². The first-order valence-corrected chi connectivity index (χ1v) is 12.8. The molecule has 1 N–H and O–H groups in total. The minimum Gasteiger partial charge on any atom is -0.381 e. The van der Waals surface area contributed by atoms with E-state index in [1.807, 2.05) is 21.1 Å². The SMILES string of the molecule is CCCCCCOCCCCCCCCCCOP(=O)(O)OCC[N+](C)(C)C. The van der Waals surface area contributed by atoms with Gasteiger partial charge >= 0.3 is 7.82 Å². The van der Waals surface area contributed by atoms with E-state index in [2.05, 4.69) is 6.92 Å². The maximum atomic E-state index is 11.7. The molecule has 0 aromatic carbocycles. The van der Waals surface area contributed by atoms with Crippen molar-refractivity contribution in [3.05, 3.63) is 0 Å². The highest BCUT2D eigenvalue weighted by Gasteiger charge is 2.21. The van der Waals surface area contributed by atoms with Crippen LogP contribution in [0.4, 0.5) is 0 Å². The summed E-state index contributed by atoms with van der Waals surface area (Å²) in [5.74, 6) is 0. The molecule has 0 aliphatic carbocycles. The summed E-state index contributed by atoms with van der Waals surface area (Å²) >= 11 is 0. The second-order valence-corrected chi connectivity index (χ2v) is 10.1. The van der Waals surface area contributed by atoms with Gasteiger partial charge in [-0.2, -0.15) is 0 Å². The number of hydrogen-bond acceptors (Lipinski definition) is 4. The molecule has 0 spiro atoms. The molecule has 0 heterocycles. The lowest BCUT2D eigenvalue weighted by Gasteiger charge is -2.24. The molecular formula is C21H47NO5P+. The number of rotatable bonds is 21. The topological polar surface area (TPSA) is 65.0 Å². The van der Waals surface area contributed by atoms with E-state index >= 15 is 0 Å². The fourth-order valence-electron chi connectivity index (χ4n) is 2.75. The van der Waals surface area contributed by atoms with Gasteiger partial charge in [-0.15, -0.1) is 0 Å². The molecule has 0 radical (unpaired) electrons. The van der Waals surface area contributed by atoms with Crippen LogP contribution in [0.5, 0.6) is 0 Å². The number of nitrogens with zero attached hydrogens (tertiary/aromatic N) is 1. The van der Waals surface area contributed by atoms with Crippen molar-refractivity contribution >= 4 is 7.82 Å². The summed E-state index contributed by atoms with van der Waals surface area (Å²) in [5, 5.41) is 0. The second kappa shape index (κ2) is 17.9. The predicted octanol–water partition coefficient (Wildman–Crippen LogP) is 5.54. The van der Waals surface area contributed by atoms with Crippen molar-refractivity contribution in [1.29, 1.82) is 0 Å². The van der Waals surface area contributed by atoms with Crippen LogP contribution in [0.2, 0.25) is 0 Å². The maximum absolute atomic E-state index is 11.7. The van der Waals surface area contributed by atoms with E-state index in [4.69, 9.17) is 13.8 Å². The Kier molecular flexibility index (Phi) is 17.9. The van der Waals surface area contributed by atoms with Crippen molar-refractivity contribution in [1.82, 2.24) is 0 Å². The Balaban J connectivity index is 3.29. The van der Waals surface area contributed by atoms with Crippen molar-refractivity contribution in [3.8, 4) is 0 Å². The number of unbranched alkanes of at least 4 members (excludes halogenated alkanes) is 10. The molecule has 0 saturated carbocycles. The number of ether oxygens (including phenoxy) is 1. The normalized spacial score (nSPS) is 14.3. The van der Waals surface area contributed by atoms with Gasteiger partial charge in [-0.05, 0) is 19.3 Å². The molecule has 0 aliphatic heterocycles. The molecule has 7 heteroatoms. The van der Waals surface area contributed by atoms with Crippen LogP contribution < -0.4 is 0 Å². The van der Waals surface area contributed by atoms with E-state index in [0.29, 0.717) is 11.0 Å². The first kappa shape index (κ1) is 28.0. The fourth-order valence-corrected chi connectivity index (χ4v) is 3.49. The van der Waals surface area contributed by atoms with Crippen molar-refractivity contribution in [3.63, 3.8) is 0 Å². The number of phosphoric acid groups is 1. The van der Waals surface area contributed by atoms with Crippen LogP contribution in [0, 0.1) is 0 Å². The Morgan fingerprint density at radius 2 is 1.11 bits per heavy atom. The lowest BCUT2D eigenvalue weighted by molar-refractivity contribution is -0.870. The number of hydrogen-bond donors (Lipinski definition) is 1. The zero-order valence-electron chi connectivity index (χ0n) is 19.0. The first-order chi connectivity index (χ1) is 13.3. The van der Waals surface area contributed by atoms with E-state index in [9.17, 15) is 9.46 Å². The third-order valence-corrected chi connectivity index (χ3v) is 5.61. The van der Waals surface area contributed by atoms with Gasteiger partial charge in [-0.25, -0.2) is 4.57 Å². The van der Waals surface area contributed by atoms with E-state index in [0.717, 1.165) is 32.5 Å². The van der Waals surface area contributed by atoms with Gasteiger partial charge in [-0.1, -0.05) is 64.7 Å². The highest BCUT2D eigenvalue weighted by molar-refractivity contribution is 7.47. The molecule has 0 aliphatic rings. The Hall–Kier alpha value is 0.0300. The molecule has 1 atom stereocenters. The molecule has 0 saturated heterocycles. The standard InChI is InChI=1S/C21H46NO5P/c1-5-6-7-14-18-25-19-15-12-10-8-9-11-13-16-20-26-28(23,24)27-21-17-22(2,3)4/h5-21H2,1-4H3/p+1. The Morgan fingerprint density at radius 1 is 0.679 bits per heavy atom. The van der Waals surface area contributed by atoms with Gasteiger partial charge in [0.2, 0.25) is 0 Å². The third kappa shape index (κ3) is 22.3. The maximum Gasteiger partial charge on any atom is 0.472 e. The van der Waals surface area contributed by atoms with Gasteiger partial charge in [0.15, 0.2) is 0 Å². The van der Waals surface area contributed by atoms with Gasteiger partial charge in [0.25, 0.3) is 0 Å². The number of quaternary nitrogens is 1. The van der Waals surface area contributed by atoms with E-state index in [1.165, 1.54) is 57.8 Å². The van der Waals surface area contributed by atoms with Gasteiger partial charge < -0.3 is 14.1 Å². The average molecular weight is 425 g/mol. The zero-order chi connectivity index (χ0) is 21.1. The average Bonchev–Trinajstić information content (AvgIpc) is 2.60. The van der Waals surface area contributed by atoms with E-state index < -0.39 is 7.82 Å². The molecule has 1 unspecified atom stereocenters. The molecule has 0 rings (SSSR count). The molecular weight excluding hydrogens is 377 g/mol. The largest absolute Gasteiger partial charge is 0.472 e. The van der Waals surface area contributed by atoms with Crippen molar-refractivity contribution < 1.29 is 27.7 Å². The quantitative estimate of drug-likeness (QED) is 0.149. The molecule has 170 valence electrons. The van der Waals surface area contributed by atoms with Crippen molar-refractivity contribution in [2.75, 3.05) is 54.1 Å². The molecule has 6 nitrogen and oxygen atoms in total. The summed E-state index contributed by atoms with van der Waals surface area (Å²) in [5.41, 5.74) is 0. The van der Waals surface area contributed by atoms with E-state index in [1.54, 1.807) is 0 Å². The van der Waals surface area contributed by atoms with Crippen LogP contribution in [0.1, 0.15) is 84.0 Å². The number of phosphoric ester groups is 1. The van der Waals surface area contributed by atoms with Crippen molar-refractivity contribution in [2.45, 2.75) is 84.0 Å². The van der Waals surface area contributed by atoms with Crippen LogP contribution >= 0.6 is 7.82 Å². The van der Waals surface area contributed by atoms with E-state index in [-0.39, 0.29) is 13.2 Å². The molecule has 0 amide bonds. The fraction of sp³-hybridized carbons (Fsp3) is 1.00. The van der Waals surface area contributed by atoms with Gasteiger partial charge in [-0.3, -0.25) is 9.05 Å². The minimum absolute atomic E-state index is 0.223. The lowest BCUT2D eigenvalue weighted by Crippen LogP contribution is -2.37. The summed E-state index contributed by atoms with van der Waals surface area (Å²) in [6.45, 7) is 5.23. The Morgan fingerprint density at radius 3 is 1.61 bits per heavy atom. The first-order valence-electron chi connectivity index (χ1n) is 11.3. The van der Waals surface area contributed by atoms with Crippen LogP contribution in [0.15, 0.2) is 0 Å². The second-order valence-electron chi connectivity index (χ2n) is 8.65. The number of likely N-dealkylation sites (N-methyl/N-ethyl adjacent to an activating group) is 1. The third-order valence-electron chi connectivity index (χ3n) is 4.60. The molecule has 0 fully saturated rings. The minimum atomic E-state index is -3.89. The van der Waals surface area contributed by atoms with Crippen molar-refractivity contribution in [2.24, 2.45) is 0 Å². The predicted molar refractivity (Wildman–Crippen MR) is 117 cm³/mol. The molecule has 0 aromatic rings. The lowest BCUT2D eigenvalue weighted by atomic mass is 10.1. The van der Waals surface area contributed by atoms with Crippen LogP contribution in [0.25, 0.3) is 0 Å². The highest BCUT2D eigenvalue weighted by Crippen LogP contribution is 2.43.